The lowest BCUT2D eigenvalue weighted by molar-refractivity contribution is -0.145. The second kappa shape index (κ2) is 7.94. The van der Waals surface area contributed by atoms with Crippen molar-refractivity contribution in [3.63, 3.8) is 0 Å². The molecular weight excluding hydrogens is 274 g/mol. The molecule has 6 N–H and O–H groups in total. The van der Waals surface area contributed by atoms with E-state index in [2.05, 4.69) is 10.3 Å². The van der Waals surface area contributed by atoms with Crippen molar-refractivity contribution >= 4 is 17.6 Å². The van der Waals surface area contributed by atoms with Gasteiger partial charge in [0, 0.05) is 19.6 Å². The number of rotatable bonds is 7. The molecule has 8 nitrogen and oxygen atoms in total. The van der Waals surface area contributed by atoms with E-state index in [4.69, 9.17) is 11.5 Å². The van der Waals surface area contributed by atoms with Gasteiger partial charge in [-0.3, -0.25) is 14.6 Å². The number of carbonyl (C=O) groups excluding carboxylic acids is 2. The van der Waals surface area contributed by atoms with Crippen LogP contribution in [0.3, 0.4) is 0 Å². The van der Waals surface area contributed by atoms with Crippen molar-refractivity contribution < 1.29 is 14.7 Å². The fourth-order valence-electron chi connectivity index (χ4n) is 2.47. The van der Waals surface area contributed by atoms with Crippen LogP contribution in [-0.4, -0.2) is 65.5 Å². The molecule has 0 spiro atoms. The Morgan fingerprint density at radius 1 is 1.57 bits per heavy atom. The summed E-state index contributed by atoms with van der Waals surface area (Å²) in [5, 5.41) is 12.6. The van der Waals surface area contributed by atoms with Crippen molar-refractivity contribution in [2.24, 2.45) is 16.5 Å². The Morgan fingerprint density at radius 2 is 2.24 bits per heavy atom. The van der Waals surface area contributed by atoms with Gasteiger partial charge in [0.25, 0.3) is 0 Å². The first kappa shape index (κ1) is 17.4. The van der Waals surface area contributed by atoms with E-state index in [0.717, 1.165) is 0 Å². The van der Waals surface area contributed by atoms with Crippen LogP contribution in [0.5, 0.6) is 0 Å². The van der Waals surface area contributed by atoms with E-state index in [9.17, 15) is 14.7 Å². The van der Waals surface area contributed by atoms with E-state index in [1.54, 1.807) is 11.8 Å². The quantitative estimate of drug-likeness (QED) is 0.248. The van der Waals surface area contributed by atoms with Crippen LogP contribution in [0.15, 0.2) is 4.99 Å². The highest BCUT2D eigenvalue weighted by molar-refractivity contribution is 5.90. The molecule has 0 aromatic carbocycles. The Bertz CT molecular complexity index is 407. The monoisotopic (exact) mass is 299 g/mol. The lowest BCUT2D eigenvalue weighted by Crippen LogP contribution is -2.62. The first-order valence-electron chi connectivity index (χ1n) is 7.12. The van der Waals surface area contributed by atoms with Gasteiger partial charge in [0.1, 0.15) is 6.04 Å². The highest BCUT2D eigenvalue weighted by atomic mass is 16.3. The average molecular weight is 299 g/mol. The second-order valence-corrected chi connectivity index (χ2v) is 5.28. The van der Waals surface area contributed by atoms with Crippen LogP contribution >= 0.6 is 0 Å². The van der Waals surface area contributed by atoms with Crippen molar-refractivity contribution in [1.82, 2.24) is 10.2 Å². The smallest absolute Gasteiger partial charge is 0.243 e. The Morgan fingerprint density at radius 3 is 2.76 bits per heavy atom. The number of piperazine rings is 1. The van der Waals surface area contributed by atoms with Crippen LogP contribution in [0.2, 0.25) is 0 Å². The fourth-order valence-corrected chi connectivity index (χ4v) is 2.47. The van der Waals surface area contributed by atoms with Crippen LogP contribution < -0.4 is 16.8 Å². The number of aliphatic hydroxyl groups excluding tert-OH is 1. The maximum Gasteiger partial charge on any atom is 0.243 e. The summed E-state index contributed by atoms with van der Waals surface area (Å²) in [4.78, 5) is 29.6. The molecule has 1 fully saturated rings. The van der Waals surface area contributed by atoms with Gasteiger partial charge in [0.05, 0.1) is 12.1 Å². The van der Waals surface area contributed by atoms with Gasteiger partial charge in [0.2, 0.25) is 5.91 Å². The van der Waals surface area contributed by atoms with Gasteiger partial charge < -0.3 is 26.8 Å². The number of amides is 1. The van der Waals surface area contributed by atoms with Crippen molar-refractivity contribution in [2.45, 2.75) is 44.9 Å². The number of nitrogens with one attached hydrogen (secondary N) is 1. The van der Waals surface area contributed by atoms with Crippen LogP contribution in [-0.2, 0) is 9.59 Å². The van der Waals surface area contributed by atoms with Gasteiger partial charge in [-0.05, 0) is 26.7 Å². The number of aliphatic imine (C=N–C) groups is 1. The lowest BCUT2D eigenvalue weighted by atomic mass is 10.0. The Balaban J connectivity index is 2.68. The van der Waals surface area contributed by atoms with Crippen molar-refractivity contribution in [2.75, 3.05) is 19.6 Å². The predicted octanol–water partition coefficient (Wildman–Crippen LogP) is -1.82. The van der Waals surface area contributed by atoms with Crippen molar-refractivity contribution in [3.8, 4) is 0 Å². The molecule has 2 unspecified atom stereocenters. The van der Waals surface area contributed by atoms with E-state index >= 15 is 0 Å². The molecule has 1 heterocycles. The Labute approximate surface area is 124 Å². The molecule has 1 saturated heterocycles. The SMILES string of the molecule is CC(=O)[C@H](CCCN=C(N)N)N1CCNC(C(C)O)C1=O. The van der Waals surface area contributed by atoms with Crippen LogP contribution in [0.1, 0.15) is 26.7 Å². The predicted molar refractivity (Wildman–Crippen MR) is 79.6 cm³/mol. The topological polar surface area (TPSA) is 134 Å². The summed E-state index contributed by atoms with van der Waals surface area (Å²) < 4.78 is 0. The minimum absolute atomic E-state index is 0.0155. The summed E-state index contributed by atoms with van der Waals surface area (Å²) in [6.45, 7) is 4.46. The number of ketones is 1. The number of nitrogens with two attached hydrogens (primary N) is 2. The van der Waals surface area contributed by atoms with Crippen LogP contribution in [0.4, 0.5) is 0 Å². The zero-order valence-corrected chi connectivity index (χ0v) is 12.6. The molecule has 0 aliphatic carbocycles. The molecule has 1 aliphatic rings. The van der Waals surface area contributed by atoms with Gasteiger partial charge in [-0.25, -0.2) is 0 Å². The molecule has 8 heteroatoms. The largest absolute Gasteiger partial charge is 0.391 e. The normalized spacial score (nSPS) is 21.8. The number of carbonyl (C=O) groups is 2. The first-order chi connectivity index (χ1) is 9.84. The van der Waals surface area contributed by atoms with Gasteiger partial charge >= 0.3 is 0 Å². The Hall–Kier alpha value is -1.67. The number of nitrogens with zero attached hydrogens (tertiary/aromatic N) is 2. The van der Waals surface area contributed by atoms with Crippen LogP contribution in [0, 0.1) is 0 Å². The van der Waals surface area contributed by atoms with E-state index < -0.39 is 18.2 Å². The second-order valence-electron chi connectivity index (χ2n) is 5.28. The van der Waals surface area contributed by atoms with Gasteiger partial charge in [0.15, 0.2) is 11.7 Å². The van der Waals surface area contributed by atoms with Gasteiger partial charge in [-0.15, -0.1) is 0 Å². The molecule has 0 radical (unpaired) electrons. The van der Waals surface area contributed by atoms with Gasteiger partial charge in [-0.1, -0.05) is 0 Å². The highest BCUT2D eigenvalue weighted by Gasteiger charge is 2.36. The zero-order chi connectivity index (χ0) is 16.0. The standard InChI is InChI=1S/C13H25N5O3/c1-8(19)10(4-3-5-17-13(14)15)18-7-6-16-11(9(2)20)12(18)21/h9-11,16,20H,3-7H2,1-2H3,(H4,14,15,17)/t9?,10-,11?/m0/s1. The molecule has 0 bridgehead atoms. The number of Topliss-reactive ketones (excluding diaryl/α,β-unsaturated/α-hetero) is 1. The number of guanidine groups is 1. The molecule has 0 saturated carbocycles. The molecule has 21 heavy (non-hydrogen) atoms. The van der Waals surface area contributed by atoms with E-state index in [0.29, 0.717) is 32.5 Å². The minimum atomic E-state index is -0.797. The molecule has 3 atom stereocenters. The summed E-state index contributed by atoms with van der Waals surface area (Å²) >= 11 is 0. The summed E-state index contributed by atoms with van der Waals surface area (Å²) in [6.07, 6.45) is 0.317. The molecule has 0 aromatic heterocycles. The van der Waals surface area contributed by atoms with E-state index in [1.807, 2.05) is 0 Å². The van der Waals surface area contributed by atoms with Gasteiger partial charge in [-0.2, -0.15) is 0 Å². The highest BCUT2D eigenvalue weighted by Crippen LogP contribution is 2.14. The van der Waals surface area contributed by atoms with Crippen molar-refractivity contribution in [3.05, 3.63) is 0 Å². The molecule has 0 aromatic rings. The third-order valence-electron chi connectivity index (χ3n) is 3.52. The molecule has 1 rings (SSSR count). The number of aliphatic hydroxyl groups is 1. The number of hydrogen-bond donors (Lipinski definition) is 4. The third kappa shape index (κ3) is 4.98. The molecule has 120 valence electrons. The van der Waals surface area contributed by atoms with Crippen molar-refractivity contribution in [1.29, 1.82) is 0 Å². The molecule has 1 amide bonds. The third-order valence-corrected chi connectivity index (χ3v) is 3.52. The van der Waals surface area contributed by atoms with E-state index in [-0.39, 0.29) is 17.6 Å². The fraction of sp³-hybridized carbons (Fsp3) is 0.769. The summed E-state index contributed by atoms with van der Waals surface area (Å²) in [5.41, 5.74) is 10.5. The molecule has 1 aliphatic heterocycles. The zero-order valence-electron chi connectivity index (χ0n) is 12.6. The minimum Gasteiger partial charge on any atom is -0.391 e. The lowest BCUT2D eigenvalue weighted by Gasteiger charge is -2.38. The summed E-state index contributed by atoms with van der Waals surface area (Å²) in [6, 6.07) is -1.15. The van der Waals surface area contributed by atoms with E-state index in [1.165, 1.54) is 6.92 Å². The number of hydrogen-bond acceptors (Lipinski definition) is 5. The summed E-state index contributed by atoms with van der Waals surface area (Å²) in [5.74, 6) is -0.292. The maximum absolute atomic E-state index is 12.3. The molecular formula is C13H25N5O3. The Kier molecular flexibility index (Phi) is 6.57. The first-order valence-corrected chi connectivity index (χ1v) is 7.12. The summed E-state index contributed by atoms with van der Waals surface area (Å²) in [7, 11) is 0. The maximum atomic E-state index is 12.3. The van der Waals surface area contributed by atoms with Crippen LogP contribution in [0.25, 0.3) is 0 Å². The average Bonchev–Trinajstić information content (AvgIpc) is 2.38.